The fourth-order valence-electron chi connectivity index (χ4n) is 1.22. The fraction of sp³-hybridized carbons (Fsp3) is 0.400. The van der Waals surface area contributed by atoms with E-state index in [1.807, 2.05) is 0 Å². The third-order valence-electron chi connectivity index (χ3n) is 2.11. The molecule has 0 saturated carbocycles. The van der Waals surface area contributed by atoms with Gasteiger partial charge in [-0.05, 0) is 24.6 Å². The summed E-state index contributed by atoms with van der Waals surface area (Å²) in [4.78, 5) is 0. The van der Waals surface area contributed by atoms with E-state index in [9.17, 15) is 8.78 Å². The number of hydrogen-bond donors (Lipinski definition) is 0. The van der Waals surface area contributed by atoms with Crippen LogP contribution in [-0.2, 0) is 13.3 Å². The molecule has 0 fully saturated rings. The Kier molecular flexibility index (Phi) is 5.00. The van der Waals surface area contributed by atoms with E-state index >= 15 is 0 Å². The van der Waals surface area contributed by atoms with E-state index in [4.69, 9.17) is 13.3 Å². The van der Waals surface area contributed by atoms with E-state index in [1.54, 1.807) is 6.92 Å². The predicted molar refractivity (Wildman–Crippen MR) is 57.0 cm³/mol. The third-order valence-corrected chi connectivity index (χ3v) is 3.51. The SMILES string of the molecule is CO[SiH](OC)OC(C)c1ccc(F)c(F)c1. The van der Waals surface area contributed by atoms with Gasteiger partial charge in [0, 0.05) is 14.2 Å². The van der Waals surface area contributed by atoms with Crippen LogP contribution in [0.4, 0.5) is 8.78 Å². The normalized spacial score (nSPS) is 13.1. The summed E-state index contributed by atoms with van der Waals surface area (Å²) in [6.45, 7) is 1.73. The Morgan fingerprint density at radius 1 is 1.12 bits per heavy atom. The highest BCUT2D eigenvalue weighted by Gasteiger charge is 2.17. The first-order chi connectivity index (χ1) is 7.58. The molecule has 0 aromatic heterocycles. The van der Waals surface area contributed by atoms with Gasteiger partial charge in [0.25, 0.3) is 0 Å². The fourth-order valence-corrected chi connectivity index (χ4v) is 2.12. The second-order valence-corrected chi connectivity index (χ2v) is 5.00. The lowest BCUT2D eigenvalue weighted by atomic mass is 10.1. The molecule has 0 spiro atoms. The molecule has 1 aromatic carbocycles. The number of halogens is 2. The minimum absolute atomic E-state index is 0.397. The van der Waals surface area contributed by atoms with Crippen LogP contribution in [0.5, 0.6) is 0 Å². The molecule has 16 heavy (non-hydrogen) atoms. The van der Waals surface area contributed by atoms with Crippen LogP contribution >= 0.6 is 0 Å². The first kappa shape index (κ1) is 13.2. The molecule has 90 valence electrons. The molecule has 0 saturated heterocycles. The van der Waals surface area contributed by atoms with E-state index in [2.05, 4.69) is 0 Å². The summed E-state index contributed by atoms with van der Waals surface area (Å²) >= 11 is 0. The van der Waals surface area contributed by atoms with Gasteiger partial charge in [0.15, 0.2) is 11.6 Å². The van der Waals surface area contributed by atoms with E-state index < -0.39 is 27.3 Å². The highest BCUT2D eigenvalue weighted by atomic mass is 28.3. The Hall–Kier alpha value is -0.823. The van der Waals surface area contributed by atoms with Gasteiger partial charge in [0.2, 0.25) is 0 Å². The van der Waals surface area contributed by atoms with E-state index in [0.717, 1.165) is 12.1 Å². The molecule has 0 heterocycles. The van der Waals surface area contributed by atoms with Crippen molar-refractivity contribution in [2.45, 2.75) is 13.0 Å². The van der Waals surface area contributed by atoms with Crippen LogP contribution in [0.2, 0.25) is 0 Å². The van der Waals surface area contributed by atoms with Crippen molar-refractivity contribution in [3.8, 4) is 0 Å². The number of benzene rings is 1. The number of hydrogen-bond acceptors (Lipinski definition) is 3. The molecule has 1 rings (SSSR count). The molecular formula is C10H14F2O3Si. The standard InChI is InChI=1S/C10H14F2O3Si/c1-7(15-16(13-2)14-3)8-4-5-9(11)10(12)6-8/h4-7,16H,1-3H3. The molecule has 6 heteroatoms. The lowest BCUT2D eigenvalue weighted by molar-refractivity contribution is 0.0949. The Morgan fingerprint density at radius 3 is 2.25 bits per heavy atom. The highest BCUT2D eigenvalue weighted by molar-refractivity contribution is 6.36. The molecule has 0 aliphatic carbocycles. The van der Waals surface area contributed by atoms with Crippen LogP contribution in [0.15, 0.2) is 18.2 Å². The summed E-state index contributed by atoms with van der Waals surface area (Å²) in [6.07, 6.45) is -0.397. The molecular weight excluding hydrogens is 234 g/mol. The first-order valence-electron chi connectivity index (χ1n) is 4.74. The monoisotopic (exact) mass is 248 g/mol. The molecule has 0 N–H and O–H groups in total. The van der Waals surface area contributed by atoms with Crippen LogP contribution < -0.4 is 0 Å². The van der Waals surface area contributed by atoms with Crippen molar-refractivity contribution in [3.05, 3.63) is 35.4 Å². The smallest absolute Gasteiger partial charge is 0.379 e. The topological polar surface area (TPSA) is 27.7 Å². The summed E-state index contributed by atoms with van der Waals surface area (Å²) in [5.74, 6) is -1.76. The molecule has 1 unspecified atom stereocenters. The molecule has 0 radical (unpaired) electrons. The van der Waals surface area contributed by atoms with Crippen LogP contribution in [-0.4, -0.2) is 23.7 Å². The Morgan fingerprint density at radius 2 is 1.75 bits per heavy atom. The predicted octanol–water partition coefficient (Wildman–Crippen LogP) is 2.05. The van der Waals surface area contributed by atoms with E-state index in [-0.39, 0.29) is 0 Å². The van der Waals surface area contributed by atoms with Crippen molar-refractivity contribution >= 4 is 9.53 Å². The zero-order valence-corrected chi connectivity index (χ0v) is 10.5. The van der Waals surface area contributed by atoms with Gasteiger partial charge in [-0.3, -0.25) is 0 Å². The van der Waals surface area contributed by atoms with Crippen molar-refractivity contribution in [2.24, 2.45) is 0 Å². The zero-order chi connectivity index (χ0) is 12.1. The number of rotatable bonds is 5. The van der Waals surface area contributed by atoms with Crippen LogP contribution in [0.1, 0.15) is 18.6 Å². The Labute approximate surface area is 94.9 Å². The molecule has 0 aliphatic rings. The Bertz CT molecular complexity index is 345. The lowest BCUT2D eigenvalue weighted by Crippen LogP contribution is -2.25. The maximum absolute atomic E-state index is 13.0. The van der Waals surface area contributed by atoms with E-state index in [0.29, 0.717) is 5.56 Å². The van der Waals surface area contributed by atoms with Crippen molar-refractivity contribution in [1.29, 1.82) is 0 Å². The van der Waals surface area contributed by atoms with Gasteiger partial charge in [0.1, 0.15) is 0 Å². The molecule has 0 aliphatic heterocycles. The van der Waals surface area contributed by atoms with Gasteiger partial charge in [0.05, 0.1) is 6.10 Å². The minimum atomic E-state index is -2.16. The zero-order valence-electron chi connectivity index (χ0n) is 9.37. The largest absolute Gasteiger partial charge is 0.484 e. The average molecular weight is 248 g/mol. The summed E-state index contributed by atoms with van der Waals surface area (Å²) in [5, 5.41) is 0. The van der Waals surface area contributed by atoms with Crippen molar-refractivity contribution in [1.82, 2.24) is 0 Å². The van der Waals surface area contributed by atoms with Gasteiger partial charge >= 0.3 is 9.53 Å². The molecule has 0 bridgehead atoms. The van der Waals surface area contributed by atoms with Crippen molar-refractivity contribution in [2.75, 3.05) is 14.2 Å². The van der Waals surface area contributed by atoms with Crippen molar-refractivity contribution in [3.63, 3.8) is 0 Å². The third kappa shape index (κ3) is 3.34. The molecule has 1 aromatic rings. The van der Waals surface area contributed by atoms with Gasteiger partial charge < -0.3 is 13.3 Å². The quantitative estimate of drug-likeness (QED) is 0.746. The van der Waals surface area contributed by atoms with E-state index in [1.165, 1.54) is 20.3 Å². The van der Waals surface area contributed by atoms with Crippen LogP contribution in [0, 0.1) is 11.6 Å². The summed E-state index contributed by atoms with van der Waals surface area (Å²) in [5.41, 5.74) is 0.547. The van der Waals surface area contributed by atoms with Gasteiger partial charge in [-0.25, -0.2) is 8.78 Å². The minimum Gasteiger partial charge on any atom is -0.379 e. The van der Waals surface area contributed by atoms with Crippen molar-refractivity contribution < 1.29 is 22.1 Å². The van der Waals surface area contributed by atoms with Gasteiger partial charge in [-0.1, -0.05) is 6.07 Å². The summed E-state index contributed by atoms with van der Waals surface area (Å²) in [6, 6.07) is 3.65. The molecule has 0 amide bonds. The summed E-state index contributed by atoms with van der Waals surface area (Å²) < 4.78 is 41.0. The first-order valence-corrected chi connectivity index (χ1v) is 6.16. The lowest BCUT2D eigenvalue weighted by Gasteiger charge is -2.18. The van der Waals surface area contributed by atoms with Gasteiger partial charge in [-0.15, -0.1) is 0 Å². The van der Waals surface area contributed by atoms with Crippen LogP contribution in [0.3, 0.4) is 0 Å². The highest BCUT2D eigenvalue weighted by Crippen LogP contribution is 2.20. The molecule has 1 atom stereocenters. The summed E-state index contributed by atoms with van der Waals surface area (Å²) in [7, 11) is 0.805. The Balaban J connectivity index is 2.72. The van der Waals surface area contributed by atoms with Gasteiger partial charge in [-0.2, -0.15) is 0 Å². The maximum atomic E-state index is 13.0. The average Bonchev–Trinajstić information content (AvgIpc) is 2.29. The molecule has 3 nitrogen and oxygen atoms in total. The second kappa shape index (κ2) is 6.05. The maximum Gasteiger partial charge on any atom is 0.484 e. The second-order valence-electron chi connectivity index (χ2n) is 3.21. The van der Waals surface area contributed by atoms with Crippen LogP contribution in [0.25, 0.3) is 0 Å².